The molecule has 3 N–H and O–H groups in total. The average molecular weight is 341 g/mol. The molecule has 1 heterocycles. The van der Waals surface area contributed by atoms with E-state index in [2.05, 4.69) is 44.9 Å². The van der Waals surface area contributed by atoms with Crippen LogP contribution in [0, 0.1) is 0 Å². The highest BCUT2D eigenvalue weighted by molar-refractivity contribution is 9.10. The van der Waals surface area contributed by atoms with E-state index >= 15 is 0 Å². The zero-order valence-corrected chi connectivity index (χ0v) is 13.1. The number of ether oxygens (including phenoxy) is 1. The van der Waals surface area contributed by atoms with E-state index < -0.39 is 0 Å². The third-order valence-corrected chi connectivity index (χ3v) is 4.72. The topological polar surface area (TPSA) is 47.3 Å². The van der Waals surface area contributed by atoms with Crippen LogP contribution in [0.25, 0.3) is 0 Å². The number of hydrogen-bond acceptors (Lipinski definition) is 4. The first-order chi connectivity index (χ1) is 9.24. The van der Waals surface area contributed by atoms with Gasteiger partial charge in [0.1, 0.15) is 0 Å². The number of benzene rings is 1. The van der Waals surface area contributed by atoms with E-state index in [1.807, 2.05) is 18.2 Å². The number of nitrogens with two attached hydrogens (primary N) is 1. The van der Waals surface area contributed by atoms with E-state index in [4.69, 9.17) is 10.6 Å². The molecule has 0 spiro atoms. The minimum Gasteiger partial charge on any atom is -0.375 e. The van der Waals surface area contributed by atoms with Gasteiger partial charge >= 0.3 is 0 Å². The lowest BCUT2D eigenvalue weighted by Crippen LogP contribution is -2.42. The predicted octanol–water partition coefficient (Wildman–Crippen LogP) is 3.27. The first kappa shape index (κ1) is 14.7. The van der Waals surface area contributed by atoms with Crippen molar-refractivity contribution in [2.45, 2.75) is 18.6 Å². The Kier molecular flexibility index (Phi) is 5.54. The van der Waals surface area contributed by atoms with Gasteiger partial charge in [-0.2, -0.15) is 0 Å². The van der Waals surface area contributed by atoms with Crippen LogP contribution in [-0.4, -0.2) is 13.2 Å². The quantitative estimate of drug-likeness (QED) is 0.626. The summed E-state index contributed by atoms with van der Waals surface area (Å²) in [5, 5.41) is 2.08. The van der Waals surface area contributed by atoms with Crippen molar-refractivity contribution in [3.8, 4) is 0 Å². The molecule has 2 aromatic rings. The van der Waals surface area contributed by atoms with Gasteiger partial charge in [0.15, 0.2) is 0 Å². The largest absolute Gasteiger partial charge is 0.375 e. The first-order valence-corrected chi connectivity index (χ1v) is 7.68. The fourth-order valence-electron chi connectivity index (χ4n) is 2.11. The number of hydrazine groups is 1. The highest BCUT2D eigenvalue weighted by atomic mass is 79.9. The van der Waals surface area contributed by atoms with Gasteiger partial charge in [0, 0.05) is 28.3 Å². The number of thiophene rings is 1. The van der Waals surface area contributed by atoms with Crippen molar-refractivity contribution in [1.29, 1.82) is 0 Å². The van der Waals surface area contributed by atoms with Crippen LogP contribution in [-0.2, 0) is 11.2 Å². The summed E-state index contributed by atoms with van der Waals surface area (Å²) in [4.78, 5) is 1.27. The monoisotopic (exact) mass is 340 g/mol. The summed E-state index contributed by atoms with van der Waals surface area (Å²) >= 11 is 5.19. The lowest BCUT2D eigenvalue weighted by atomic mass is 9.99. The van der Waals surface area contributed by atoms with Gasteiger partial charge in [-0.3, -0.25) is 11.3 Å². The minimum absolute atomic E-state index is 0.0398. The van der Waals surface area contributed by atoms with Gasteiger partial charge in [-0.15, -0.1) is 11.3 Å². The molecular weight excluding hydrogens is 324 g/mol. The Hall–Kier alpha value is -0.720. The van der Waals surface area contributed by atoms with Crippen molar-refractivity contribution in [3.63, 3.8) is 0 Å². The second-order valence-electron chi connectivity index (χ2n) is 4.28. The summed E-state index contributed by atoms with van der Waals surface area (Å²) in [6.07, 6.45) is 0.771. The molecule has 2 atom stereocenters. The summed E-state index contributed by atoms with van der Waals surface area (Å²) in [7, 11) is 1.71. The first-order valence-electron chi connectivity index (χ1n) is 6.01. The van der Waals surface area contributed by atoms with Crippen molar-refractivity contribution < 1.29 is 4.74 Å². The molecule has 1 aromatic carbocycles. The molecule has 0 aliphatic rings. The molecule has 5 heteroatoms. The number of methoxy groups -OCH3 is 1. The van der Waals surface area contributed by atoms with Gasteiger partial charge in [0.05, 0.1) is 12.1 Å². The van der Waals surface area contributed by atoms with Crippen LogP contribution in [0.5, 0.6) is 0 Å². The highest BCUT2D eigenvalue weighted by Crippen LogP contribution is 2.26. The number of rotatable bonds is 6. The molecule has 0 saturated heterocycles. The van der Waals surface area contributed by atoms with Gasteiger partial charge in [-0.05, 0) is 27.6 Å². The molecule has 0 radical (unpaired) electrons. The molecule has 0 saturated carbocycles. The van der Waals surface area contributed by atoms with Gasteiger partial charge in [0.25, 0.3) is 0 Å². The molecule has 2 unspecified atom stereocenters. The fourth-order valence-corrected chi connectivity index (χ4v) is 3.62. The van der Waals surface area contributed by atoms with E-state index in [0.717, 1.165) is 16.5 Å². The predicted molar refractivity (Wildman–Crippen MR) is 83.0 cm³/mol. The molecule has 2 rings (SSSR count). The van der Waals surface area contributed by atoms with Crippen LogP contribution in [0.2, 0.25) is 0 Å². The standard InChI is InChI=1S/C14H17BrN2OS/c1-18-14(10-5-3-2-4-6-10)13(17-16)8-12-7-11(15)9-19-12/h2-7,9,13-14,17H,8,16H2,1H3. The normalized spacial score (nSPS) is 14.3. The van der Waals surface area contributed by atoms with Crippen LogP contribution < -0.4 is 11.3 Å². The lowest BCUT2D eigenvalue weighted by molar-refractivity contribution is 0.0681. The second kappa shape index (κ2) is 7.17. The van der Waals surface area contributed by atoms with E-state index in [0.29, 0.717) is 0 Å². The van der Waals surface area contributed by atoms with Gasteiger partial charge < -0.3 is 4.74 Å². The zero-order valence-electron chi connectivity index (χ0n) is 10.7. The molecule has 0 bridgehead atoms. The Balaban J connectivity index is 2.15. The third-order valence-electron chi connectivity index (χ3n) is 3.00. The molecule has 102 valence electrons. The maximum Gasteiger partial charge on any atom is 0.0991 e. The van der Waals surface area contributed by atoms with Crippen molar-refractivity contribution in [1.82, 2.24) is 5.43 Å². The second-order valence-corrected chi connectivity index (χ2v) is 6.19. The Bertz CT molecular complexity index is 503. The maximum atomic E-state index is 5.70. The molecular formula is C14H17BrN2OS. The van der Waals surface area contributed by atoms with Crippen molar-refractivity contribution >= 4 is 27.3 Å². The zero-order chi connectivity index (χ0) is 13.7. The number of halogens is 1. The SMILES string of the molecule is COC(c1ccccc1)C(Cc1cc(Br)cs1)NN. The molecule has 3 nitrogen and oxygen atoms in total. The maximum absolute atomic E-state index is 5.70. The fraction of sp³-hybridized carbons (Fsp3) is 0.286. The summed E-state index contributed by atoms with van der Waals surface area (Å²) in [6.45, 7) is 0. The third kappa shape index (κ3) is 3.87. The molecule has 0 aliphatic heterocycles. The van der Waals surface area contributed by atoms with Crippen LogP contribution in [0.4, 0.5) is 0 Å². The Morgan fingerprint density at radius 1 is 1.37 bits per heavy atom. The average Bonchev–Trinajstić information content (AvgIpc) is 2.85. The van der Waals surface area contributed by atoms with Crippen molar-refractivity contribution in [3.05, 3.63) is 56.7 Å². The smallest absolute Gasteiger partial charge is 0.0991 e. The number of nitrogens with one attached hydrogen (secondary N) is 1. The Morgan fingerprint density at radius 2 is 2.11 bits per heavy atom. The molecule has 0 fully saturated rings. The summed E-state index contributed by atoms with van der Waals surface area (Å²) in [5.41, 5.74) is 4.00. The van der Waals surface area contributed by atoms with Gasteiger partial charge in [-0.25, -0.2) is 0 Å². The molecule has 19 heavy (non-hydrogen) atoms. The van der Waals surface area contributed by atoms with Crippen LogP contribution in [0.1, 0.15) is 16.5 Å². The number of hydrogen-bond donors (Lipinski definition) is 2. The van der Waals surface area contributed by atoms with Gasteiger partial charge in [-0.1, -0.05) is 30.3 Å². The Labute approximate surface area is 125 Å². The summed E-state index contributed by atoms with van der Waals surface area (Å²) in [6, 6.07) is 12.3. The Morgan fingerprint density at radius 3 is 2.63 bits per heavy atom. The minimum atomic E-state index is -0.0629. The van der Waals surface area contributed by atoms with Crippen molar-refractivity contribution in [2.75, 3.05) is 7.11 Å². The summed E-state index contributed by atoms with van der Waals surface area (Å²) in [5.74, 6) is 5.70. The van der Waals surface area contributed by atoms with E-state index in [9.17, 15) is 0 Å². The lowest BCUT2D eigenvalue weighted by Gasteiger charge is -2.25. The molecule has 0 amide bonds. The molecule has 0 aliphatic carbocycles. The van der Waals surface area contributed by atoms with Crippen LogP contribution in [0.3, 0.4) is 0 Å². The summed E-state index contributed by atoms with van der Waals surface area (Å²) < 4.78 is 6.73. The van der Waals surface area contributed by atoms with Crippen LogP contribution in [0.15, 0.2) is 46.3 Å². The highest BCUT2D eigenvalue weighted by Gasteiger charge is 2.22. The van der Waals surface area contributed by atoms with E-state index in [-0.39, 0.29) is 12.1 Å². The van der Waals surface area contributed by atoms with Gasteiger partial charge in [0.2, 0.25) is 0 Å². The van der Waals surface area contributed by atoms with E-state index in [1.165, 1.54) is 4.88 Å². The van der Waals surface area contributed by atoms with Crippen LogP contribution >= 0.6 is 27.3 Å². The van der Waals surface area contributed by atoms with Crippen molar-refractivity contribution in [2.24, 2.45) is 5.84 Å². The molecule has 1 aromatic heterocycles. The van der Waals surface area contributed by atoms with E-state index in [1.54, 1.807) is 18.4 Å².